The summed E-state index contributed by atoms with van der Waals surface area (Å²) < 4.78 is 39.1. The minimum atomic E-state index is -4.34. The second-order valence-corrected chi connectivity index (χ2v) is 5.22. The Hall–Kier alpha value is -1.33. The largest absolute Gasteiger partial charge is 0.416 e. The molecule has 2 aromatic carbocycles. The Morgan fingerprint density at radius 1 is 1.05 bits per heavy atom. The Labute approximate surface area is 123 Å². The second-order valence-electron chi connectivity index (χ2n) is 4.37. The Balaban J connectivity index is 2.50. The third kappa shape index (κ3) is 3.22. The van der Waals surface area contributed by atoms with Crippen LogP contribution in [0, 0.1) is 0 Å². The van der Waals surface area contributed by atoms with Crippen molar-refractivity contribution in [3.05, 3.63) is 69.7 Å². The van der Waals surface area contributed by atoms with Crippen molar-refractivity contribution in [2.24, 2.45) is 0 Å². The van der Waals surface area contributed by atoms with Gasteiger partial charge >= 0.3 is 6.18 Å². The first-order chi connectivity index (χ1) is 9.43. The summed E-state index contributed by atoms with van der Waals surface area (Å²) in [6.07, 6.45) is -4.34. The van der Waals surface area contributed by atoms with Gasteiger partial charge in [0.05, 0.1) is 11.6 Å². The Morgan fingerprint density at radius 2 is 1.70 bits per heavy atom. The maximum Gasteiger partial charge on any atom is 0.416 e. The van der Waals surface area contributed by atoms with Gasteiger partial charge in [0.15, 0.2) is 0 Å². The van der Waals surface area contributed by atoms with Gasteiger partial charge < -0.3 is 5.32 Å². The average Bonchev–Trinajstić information content (AvgIpc) is 2.41. The van der Waals surface area contributed by atoms with E-state index in [1.165, 1.54) is 12.1 Å². The number of hydrogen-bond acceptors (Lipinski definition) is 1. The van der Waals surface area contributed by atoms with Crippen LogP contribution in [-0.4, -0.2) is 7.05 Å². The fourth-order valence-electron chi connectivity index (χ4n) is 2.09. The van der Waals surface area contributed by atoms with Crippen LogP contribution in [0.15, 0.2) is 53.0 Å². The molecule has 2 rings (SSSR count). The van der Waals surface area contributed by atoms with Crippen molar-refractivity contribution in [1.82, 2.24) is 5.32 Å². The molecule has 1 unspecified atom stereocenters. The maximum atomic E-state index is 12.8. The Kier molecular flexibility index (Phi) is 4.50. The normalized spacial score (nSPS) is 13.2. The van der Waals surface area contributed by atoms with E-state index in [-0.39, 0.29) is 6.04 Å². The van der Waals surface area contributed by atoms with Crippen molar-refractivity contribution in [2.75, 3.05) is 7.05 Å². The van der Waals surface area contributed by atoms with E-state index in [9.17, 15) is 13.2 Å². The molecule has 1 N–H and O–H groups in total. The summed E-state index contributed by atoms with van der Waals surface area (Å²) in [6.45, 7) is 0. The minimum absolute atomic E-state index is 0.298. The van der Waals surface area contributed by atoms with E-state index in [4.69, 9.17) is 0 Å². The smallest absolute Gasteiger partial charge is 0.309 e. The molecule has 0 aliphatic rings. The van der Waals surface area contributed by atoms with Crippen LogP contribution in [-0.2, 0) is 6.18 Å². The van der Waals surface area contributed by atoms with Crippen LogP contribution < -0.4 is 5.32 Å². The van der Waals surface area contributed by atoms with Crippen molar-refractivity contribution >= 4 is 15.9 Å². The van der Waals surface area contributed by atoms with E-state index in [2.05, 4.69) is 21.2 Å². The lowest BCUT2D eigenvalue weighted by Crippen LogP contribution is -2.19. The number of alkyl halides is 3. The van der Waals surface area contributed by atoms with Crippen molar-refractivity contribution in [2.45, 2.75) is 12.2 Å². The zero-order valence-corrected chi connectivity index (χ0v) is 12.3. The molecule has 0 spiro atoms. The molecular weight excluding hydrogens is 331 g/mol. The summed E-state index contributed by atoms with van der Waals surface area (Å²) in [6, 6.07) is 12.8. The van der Waals surface area contributed by atoms with Crippen LogP contribution in [0.1, 0.15) is 22.7 Å². The lowest BCUT2D eigenvalue weighted by molar-refractivity contribution is -0.137. The molecule has 0 fully saturated rings. The van der Waals surface area contributed by atoms with Gasteiger partial charge in [0.2, 0.25) is 0 Å². The predicted molar refractivity (Wildman–Crippen MR) is 76.5 cm³/mol. The molecule has 1 nitrogen and oxygen atoms in total. The number of benzene rings is 2. The zero-order valence-electron chi connectivity index (χ0n) is 10.7. The van der Waals surface area contributed by atoms with Gasteiger partial charge in [0.25, 0.3) is 0 Å². The molecule has 0 aliphatic carbocycles. The lowest BCUT2D eigenvalue weighted by Gasteiger charge is -2.20. The topological polar surface area (TPSA) is 12.0 Å². The highest BCUT2D eigenvalue weighted by Gasteiger charge is 2.31. The molecule has 0 radical (unpaired) electrons. The summed E-state index contributed by atoms with van der Waals surface area (Å²) in [4.78, 5) is 0. The van der Waals surface area contributed by atoms with E-state index >= 15 is 0 Å². The summed E-state index contributed by atoms with van der Waals surface area (Å²) in [5, 5.41) is 3.06. The number of nitrogens with one attached hydrogen (secondary N) is 1. The highest BCUT2D eigenvalue weighted by Crippen LogP contribution is 2.35. The van der Waals surface area contributed by atoms with Crippen LogP contribution in [0.3, 0.4) is 0 Å². The lowest BCUT2D eigenvalue weighted by atomic mass is 9.97. The Bertz CT molecular complexity index is 581. The molecule has 1 atom stereocenters. The maximum absolute atomic E-state index is 12.8. The van der Waals surface area contributed by atoms with Gasteiger partial charge in [-0.15, -0.1) is 0 Å². The van der Waals surface area contributed by atoms with Crippen LogP contribution in [0.2, 0.25) is 0 Å². The highest BCUT2D eigenvalue weighted by molar-refractivity contribution is 9.10. The number of hydrogen-bond donors (Lipinski definition) is 1. The molecule has 0 saturated carbocycles. The van der Waals surface area contributed by atoms with Gasteiger partial charge in [-0.3, -0.25) is 0 Å². The van der Waals surface area contributed by atoms with Gasteiger partial charge in [0.1, 0.15) is 0 Å². The van der Waals surface area contributed by atoms with Crippen molar-refractivity contribution in [3.8, 4) is 0 Å². The molecule has 0 saturated heterocycles. The quantitative estimate of drug-likeness (QED) is 0.845. The van der Waals surface area contributed by atoms with Crippen LogP contribution in [0.5, 0.6) is 0 Å². The molecule has 0 aliphatic heterocycles. The van der Waals surface area contributed by atoms with Gasteiger partial charge in [0, 0.05) is 4.47 Å². The van der Waals surface area contributed by atoms with Crippen LogP contribution >= 0.6 is 15.9 Å². The van der Waals surface area contributed by atoms with E-state index in [0.29, 0.717) is 10.0 Å². The summed E-state index contributed by atoms with van der Waals surface area (Å²) in [5.74, 6) is 0. The van der Waals surface area contributed by atoms with E-state index in [0.717, 1.165) is 11.6 Å². The molecule has 0 bridgehead atoms. The third-order valence-electron chi connectivity index (χ3n) is 3.06. The summed E-state index contributed by atoms with van der Waals surface area (Å²) in [7, 11) is 1.73. The van der Waals surface area contributed by atoms with E-state index < -0.39 is 11.7 Å². The minimum Gasteiger partial charge on any atom is -0.309 e. The first kappa shape index (κ1) is 15.1. The third-order valence-corrected chi connectivity index (χ3v) is 3.78. The van der Waals surface area contributed by atoms with Crippen LogP contribution in [0.4, 0.5) is 13.2 Å². The van der Waals surface area contributed by atoms with Gasteiger partial charge in [-0.1, -0.05) is 46.3 Å². The van der Waals surface area contributed by atoms with Gasteiger partial charge in [-0.25, -0.2) is 0 Å². The van der Waals surface area contributed by atoms with Crippen molar-refractivity contribution in [1.29, 1.82) is 0 Å². The van der Waals surface area contributed by atoms with Crippen molar-refractivity contribution < 1.29 is 13.2 Å². The first-order valence-corrected chi connectivity index (χ1v) is 6.81. The molecule has 0 heterocycles. The average molecular weight is 344 g/mol. The number of halogens is 4. The molecule has 106 valence electrons. The Morgan fingerprint density at radius 3 is 2.25 bits per heavy atom. The fraction of sp³-hybridized carbons (Fsp3) is 0.200. The van der Waals surface area contributed by atoms with Crippen LogP contribution in [0.25, 0.3) is 0 Å². The molecule has 20 heavy (non-hydrogen) atoms. The van der Waals surface area contributed by atoms with E-state index in [1.54, 1.807) is 7.05 Å². The molecular formula is C15H13BrF3N. The first-order valence-electron chi connectivity index (χ1n) is 6.02. The van der Waals surface area contributed by atoms with Gasteiger partial charge in [-0.05, 0) is 36.4 Å². The van der Waals surface area contributed by atoms with Crippen molar-refractivity contribution in [3.63, 3.8) is 0 Å². The SMILES string of the molecule is CNC(c1ccccc1)c1cc(C(F)(F)F)ccc1Br. The molecule has 0 aromatic heterocycles. The predicted octanol–water partition coefficient (Wildman–Crippen LogP) is 4.78. The van der Waals surface area contributed by atoms with E-state index in [1.807, 2.05) is 30.3 Å². The summed E-state index contributed by atoms with van der Waals surface area (Å²) in [5.41, 5.74) is 0.829. The fourth-order valence-corrected chi connectivity index (χ4v) is 2.56. The van der Waals surface area contributed by atoms with Gasteiger partial charge in [-0.2, -0.15) is 13.2 Å². The second kappa shape index (κ2) is 5.97. The molecule has 5 heteroatoms. The standard InChI is InChI=1S/C15H13BrF3N/c1-20-14(10-5-3-2-4-6-10)12-9-11(15(17,18)19)7-8-13(12)16/h2-9,14,20H,1H3. The summed E-state index contributed by atoms with van der Waals surface area (Å²) >= 11 is 3.33. The zero-order chi connectivity index (χ0) is 14.8. The monoisotopic (exact) mass is 343 g/mol. The highest BCUT2D eigenvalue weighted by atomic mass is 79.9. The molecule has 0 amide bonds. The molecule has 2 aromatic rings. The number of rotatable bonds is 3.